The predicted molar refractivity (Wildman–Crippen MR) is 106 cm³/mol. The minimum Gasteiger partial charge on any atom is -0.487 e. The fraction of sp³-hybridized carbons (Fsp3) is 0.318. The van der Waals surface area contributed by atoms with Crippen molar-refractivity contribution < 1.29 is 14.3 Å². The van der Waals surface area contributed by atoms with Gasteiger partial charge in [0.1, 0.15) is 12.4 Å². The number of rotatable bonds is 6. The maximum absolute atomic E-state index is 12.5. The Bertz CT molecular complexity index is 904. The number of benzene rings is 2. The predicted octanol–water partition coefficient (Wildman–Crippen LogP) is 3.16. The molecule has 0 aliphatic carbocycles. The van der Waals surface area contributed by atoms with Gasteiger partial charge in [-0.2, -0.15) is 0 Å². The normalized spacial score (nSPS) is 17.7. The Balaban J connectivity index is 1.56. The highest BCUT2D eigenvalue weighted by atomic mass is 16.5. The van der Waals surface area contributed by atoms with Crippen molar-refractivity contribution in [3.8, 4) is 0 Å². The van der Waals surface area contributed by atoms with E-state index in [1.165, 1.54) is 5.56 Å². The van der Waals surface area contributed by atoms with E-state index in [0.717, 1.165) is 48.5 Å². The minimum atomic E-state index is -0.0945. The molecule has 0 atom stereocenters. The maximum atomic E-state index is 12.5. The van der Waals surface area contributed by atoms with Gasteiger partial charge in [-0.3, -0.25) is 4.79 Å². The molecule has 0 spiro atoms. The molecule has 0 fully saturated rings. The molecule has 0 aromatic heterocycles. The number of anilines is 1. The second-order valence-electron chi connectivity index (χ2n) is 7.03. The lowest BCUT2D eigenvalue weighted by atomic mass is 9.98. The summed E-state index contributed by atoms with van der Waals surface area (Å²) in [6, 6.07) is 14.2. The summed E-state index contributed by atoms with van der Waals surface area (Å²) in [7, 11) is 3.83. The van der Waals surface area contributed by atoms with E-state index in [4.69, 9.17) is 9.47 Å². The molecule has 1 amide bonds. The molecule has 140 valence electrons. The quantitative estimate of drug-likeness (QED) is 0.800. The first-order chi connectivity index (χ1) is 13.2. The number of para-hydroxylation sites is 1. The van der Waals surface area contributed by atoms with Crippen LogP contribution < -0.4 is 5.32 Å². The molecule has 2 aliphatic heterocycles. The van der Waals surface area contributed by atoms with Crippen LogP contribution in [0.4, 0.5) is 5.69 Å². The Hall–Kier alpha value is -2.63. The van der Waals surface area contributed by atoms with Crippen molar-refractivity contribution in [2.75, 3.05) is 39.2 Å². The number of fused-ring (bicyclic) bond motifs is 2. The van der Waals surface area contributed by atoms with E-state index in [9.17, 15) is 4.79 Å². The molecule has 0 radical (unpaired) electrons. The molecule has 1 N–H and O–H groups in total. The lowest BCUT2D eigenvalue weighted by molar-refractivity contribution is -0.110. The molecule has 0 unspecified atom stereocenters. The highest BCUT2D eigenvalue weighted by Gasteiger charge is 2.32. The van der Waals surface area contributed by atoms with Crippen molar-refractivity contribution in [2.24, 2.45) is 0 Å². The molecule has 2 heterocycles. The Morgan fingerprint density at radius 1 is 1.15 bits per heavy atom. The third-order valence-electron chi connectivity index (χ3n) is 5.14. The highest BCUT2D eigenvalue weighted by Crippen LogP contribution is 2.41. The summed E-state index contributed by atoms with van der Waals surface area (Å²) in [6.45, 7) is 3.16. The van der Waals surface area contributed by atoms with Crippen LogP contribution in [0, 0.1) is 0 Å². The standard InChI is InChI=1S/C22H24N2O3/c1-24(11-12-26-2)10-9-15-7-8-17-16(13-15)14-27-21(17)20-18-5-3-4-6-19(18)23-22(20)25/h3-8,13H,9-12,14H2,1-2H3,(H,23,25)/b21-20+. The van der Waals surface area contributed by atoms with E-state index in [1.807, 2.05) is 24.3 Å². The number of hydrogen-bond donors (Lipinski definition) is 1. The topological polar surface area (TPSA) is 50.8 Å². The van der Waals surface area contributed by atoms with Crippen molar-refractivity contribution in [3.05, 3.63) is 64.7 Å². The molecule has 0 saturated heterocycles. The minimum absolute atomic E-state index is 0.0945. The summed E-state index contributed by atoms with van der Waals surface area (Å²) in [6.07, 6.45) is 0.975. The van der Waals surface area contributed by atoms with Gasteiger partial charge in [-0.25, -0.2) is 0 Å². The molecule has 0 bridgehead atoms. The average Bonchev–Trinajstić information content (AvgIpc) is 3.23. The van der Waals surface area contributed by atoms with E-state index >= 15 is 0 Å². The number of nitrogens with one attached hydrogen (secondary N) is 1. The van der Waals surface area contributed by atoms with Gasteiger partial charge in [0.15, 0.2) is 0 Å². The molecule has 2 aromatic rings. The Labute approximate surface area is 159 Å². The molecule has 5 nitrogen and oxygen atoms in total. The lowest BCUT2D eigenvalue weighted by Gasteiger charge is -2.16. The SMILES string of the molecule is COCCN(C)CCc1ccc2c(c1)CO/C2=C1/C(=O)Nc2ccccc21. The smallest absolute Gasteiger partial charge is 0.260 e. The van der Waals surface area contributed by atoms with Gasteiger partial charge in [0.05, 0.1) is 12.2 Å². The van der Waals surface area contributed by atoms with Gasteiger partial charge in [0.2, 0.25) is 0 Å². The van der Waals surface area contributed by atoms with Gasteiger partial charge >= 0.3 is 0 Å². The first kappa shape index (κ1) is 17.8. The molecular weight excluding hydrogens is 340 g/mol. The van der Waals surface area contributed by atoms with E-state index in [1.54, 1.807) is 7.11 Å². The maximum Gasteiger partial charge on any atom is 0.260 e. The zero-order valence-corrected chi connectivity index (χ0v) is 15.7. The number of likely N-dealkylation sites (N-methyl/N-ethyl adjacent to an activating group) is 1. The first-order valence-electron chi connectivity index (χ1n) is 9.25. The number of carbonyl (C=O) groups excluding carboxylic acids is 1. The second kappa shape index (κ2) is 7.55. The van der Waals surface area contributed by atoms with Crippen LogP contribution in [0.5, 0.6) is 0 Å². The van der Waals surface area contributed by atoms with Crippen molar-refractivity contribution in [3.63, 3.8) is 0 Å². The highest BCUT2D eigenvalue weighted by molar-refractivity contribution is 6.36. The van der Waals surface area contributed by atoms with Crippen LogP contribution in [0.25, 0.3) is 11.3 Å². The fourth-order valence-corrected chi connectivity index (χ4v) is 3.60. The Morgan fingerprint density at radius 3 is 2.85 bits per heavy atom. The van der Waals surface area contributed by atoms with Crippen LogP contribution in [-0.2, 0) is 27.3 Å². The monoisotopic (exact) mass is 364 g/mol. The zero-order chi connectivity index (χ0) is 18.8. The third kappa shape index (κ3) is 3.48. The van der Waals surface area contributed by atoms with Crippen LogP contribution in [-0.4, -0.2) is 44.7 Å². The molecule has 5 heteroatoms. The Morgan fingerprint density at radius 2 is 2.00 bits per heavy atom. The molecule has 2 aliphatic rings. The van der Waals surface area contributed by atoms with Crippen molar-refractivity contribution in [2.45, 2.75) is 13.0 Å². The van der Waals surface area contributed by atoms with Gasteiger partial charge < -0.3 is 19.7 Å². The van der Waals surface area contributed by atoms with E-state index < -0.39 is 0 Å². The largest absolute Gasteiger partial charge is 0.487 e. The first-order valence-corrected chi connectivity index (χ1v) is 9.25. The van der Waals surface area contributed by atoms with Crippen LogP contribution in [0.1, 0.15) is 22.3 Å². The van der Waals surface area contributed by atoms with E-state index in [2.05, 4.69) is 35.5 Å². The number of carbonyl (C=O) groups is 1. The summed E-state index contributed by atoms with van der Waals surface area (Å²) in [5.41, 5.74) is 5.84. The van der Waals surface area contributed by atoms with E-state index in [0.29, 0.717) is 17.9 Å². The van der Waals surface area contributed by atoms with E-state index in [-0.39, 0.29) is 5.91 Å². The van der Waals surface area contributed by atoms with Gasteiger partial charge in [0, 0.05) is 42.6 Å². The number of nitrogens with zero attached hydrogens (tertiary/aromatic N) is 1. The zero-order valence-electron chi connectivity index (χ0n) is 15.7. The van der Waals surface area contributed by atoms with Gasteiger partial charge in [-0.15, -0.1) is 0 Å². The van der Waals surface area contributed by atoms with Crippen molar-refractivity contribution in [1.29, 1.82) is 0 Å². The summed E-state index contributed by atoms with van der Waals surface area (Å²) in [5, 5.41) is 2.92. The van der Waals surface area contributed by atoms with Gasteiger partial charge in [-0.1, -0.05) is 36.4 Å². The molecule has 0 saturated carbocycles. The van der Waals surface area contributed by atoms with Crippen LogP contribution in [0.15, 0.2) is 42.5 Å². The summed E-state index contributed by atoms with van der Waals surface area (Å²) >= 11 is 0. The number of amides is 1. The molecule has 4 rings (SSSR count). The molecule has 27 heavy (non-hydrogen) atoms. The summed E-state index contributed by atoms with van der Waals surface area (Å²) in [5.74, 6) is 0.596. The summed E-state index contributed by atoms with van der Waals surface area (Å²) < 4.78 is 11.1. The average molecular weight is 364 g/mol. The van der Waals surface area contributed by atoms with Crippen molar-refractivity contribution >= 4 is 22.9 Å². The third-order valence-corrected chi connectivity index (χ3v) is 5.14. The fourth-order valence-electron chi connectivity index (χ4n) is 3.60. The van der Waals surface area contributed by atoms with Crippen LogP contribution >= 0.6 is 0 Å². The Kier molecular flexibility index (Phi) is 4.97. The summed E-state index contributed by atoms with van der Waals surface area (Å²) in [4.78, 5) is 14.8. The number of hydrogen-bond acceptors (Lipinski definition) is 4. The van der Waals surface area contributed by atoms with Crippen molar-refractivity contribution in [1.82, 2.24) is 4.90 Å². The number of ether oxygens (including phenoxy) is 2. The number of methoxy groups -OCH3 is 1. The molecular formula is C22H24N2O3. The van der Waals surface area contributed by atoms with Gasteiger partial charge in [-0.05, 0) is 25.1 Å². The molecule has 2 aromatic carbocycles. The van der Waals surface area contributed by atoms with Crippen LogP contribution in [0.3, 0.4) is 0 Å². The second-order valence-corrected chi connectivity index (χ2v) is 7.03. The lowest BCUT2D eigenvalue weighted by Crippen LogP contribution is -2.25. The van der Waals surface area contributed by atoms with Crippen LogP contribution in [0.2, 0.25) is 0 Å². The van der Waals surface area contributed by atoms with Gasteiger partial charge in [0.25, 0.3) is 5.91 Å².